The van der Waals surface area contributed by atoms with Crippen molar-refractivity contribution in [2.75, 3.05) is 13.1 Å². The zero-order valence-corrected chi connectivity index (χ0v) is 12.6. The van der Waals surface area contributed by atoms with Crippen LogP contribution < -0.4 is 5.69 Å². The number of piperidine rings is 1. The van der Waals surface area contributed by atoms with Crippen LogP contribution in [0.4, 0.5) is 0 Å². The number of aromatic nitrogens is 4. The minimum atomic E-state index is -0.119. The Hall–Kier alpha value is -2.21. The molecule has 0 radical (unpaired) electrons. The Balaban J connectivity index is 1.77. The van der Waals surface area contributed by atoms with Crippen molar-refractivity contribution in [1.82, 2.24) is 24.1 Å². The largest absolute Gasteiger partial charge is 0.352 e. The van der Waals surface area contributed by atoms with E-state index in [4.69, 9.17) is 0 Å². The highest BCUT2D eigenvalue weighted by Crippen LogP contribution is 2.17. The van der Waals surface area contributed by atoms with Gasteiger partial charge in [0.1, 0.15) is 6.33 Å². The molecule has 1 aliphatic rings. The Morgan fingerprint density at radius 1 is 1.32 bits per heavy atom. The molecule has 22 heavy (non-hydrogen) atoms. The smallest absolute Gasteiger partial charge is 0.284 e. The summed E-state index contributed by atoms with van der Waals surface area (Å²) in [4.78, 5) is 19.2. The van der Waals surface area contributed by atoms with Gasteiger partial charge in [0.2, 0.25) is 0 Å². The van der Waals surface area contributed by atoms with Crippen LogP contribution >= 0.6 is 0 Å². The molecule has 6 nitrogen and oxygen atoms in total. The molecule has 114 valence electrons. The van der Waals surface area contributed by atoms with Gasteiger partial charge < -0.3 is 0 Å². The minimum absolute atomic E-state index is 0.119. The second-order valence-electron chi connectivity index (χ2n) is 6.20. The molecule has 3 heterocycles. The van der Waals surface area contributed by atoms with Crippen molar-refractivity contribution < 1.29 is 0 Å². The van der Waals surface area contributed by atoms with Crippen LogP contribution in [0.15, 0.2) is 35.4 Å². The molecule has 2 aromatic heterocycles. The van der Waals surface area contributed by atoms with Gasteiger partial charge in [-0.15, -0.1) is 5.10 Å². The zero-order valence-electron chi connectivity index (χ0n) is 12.6. The summed E-state index contributed by atoms with van der Waals surface area (Å²) in [5.74, 6) is 0.684. The van der Waals surface area contributed by atoms with Gasteiger partial charge in [-0.3, -0.25) is 4.90 Å². The maximum atomic E-state index is 12.5. The maximum absolute atomic E-state index is 12.5. The molecule has 3 aromatic rings. The molecule has 0 saturated carbocycles. The van der Waals surface area contributed by atoms with Gasteiger partial charge in [-0.05, 0) is 37.4 Å². The molecule has 6 heteroatoms. The number of para-hydroxylation sites is 1. The van der Waals surface area contributed by atoms with Gasteiger partial charge in [-0.1, -0.05) is 19.1 Å². The average Bonchev–Trinajstić information content (AvgIpc) is 2.84. The van der Waals surface area contributed by atoms with Crippen molar-refractivity contribution in [2.45, 2.75) is 26.4 Å². The van der Waals surface area contributed by atoms with Gasteiger partial charge in [0.25, 0.3) is 0 Å². The van der Waals surface area contributed by atoms with Crippen molar-refractivity contribution in [2.24, 2.45) is 5.92 Å². The molecular weight excluding hydrogens is 278 g/mol. The lowest BCUT2D eigenvalue weighted by Gasteiger charge is -2.30. The van der Waals surface area contributed by atoms with Crippen LogP contribution in [-0.4, -0.2) is 37.2 Å². The summed E-state index contributed by atoms with van der Waals surface area (Å²) in [6.45, 7) is 4.87. The zero-order chi connectivity index (χ0) is 15.1. The standard InChI is InChI=1S/C16H19N5O/c1-12-5-4-8-19(9-12)11-21-16(22)20-10-17-14-7-3-2-6-13(14)15(20)18-21/h2-3,6-7,10,12H,4-5,8-9,11H2,1H3. The Labute approximate surface area is 128 Å². The van der Waals surface area contributed by atoms with Crippen molar-refractivity contribution in [1.29, 1.82) is 0 Å². The third-order valence-electron chi connectivity index (χ3n) is 4.40. The molecule has 0 spiro atoms. The van der Waals surface area contributed by atoms with E-state index in [9.17, 15) is 4.79 Å². The van der Waals surface area contributed by atoms with Gasteiger partial charge in [0.05, 0.1) is 12.2 Å². The summed E-state index contributed by atoms with van der Waals surface area (Å²) in [6.07, 6.45) is 4.03. The number of fused-ring (bicyclic) bond motifs is 3. The van der Waals surface area contributed by atoms with Crippen LogP contribution in [0.1, 0.15) is 19.8 Å². The van der Waals surface area contributed by atoms with Gasteiger partial charge in [-0.25, -0.2) is 14.2 Å². The van der Waals surface area contributed by atoms with Gasteiger partial charge in [-0.2, -0.15) is 4.68 Å². The van der Waals surface area contributed by atoms with Crippen LogP contribution in [0.25, 0.3) is 16.6 Å². The second kappa shape index (κ2) is 5.21. The molecular formula is C16H19N5O. The van der Waals surface area contributed by atoms with E-state index in [2.05, 4.69) is 21.9 Å². The lowest BCUT2D eigenvalue weighted by Crippen LogP contribution is -2.38. The lowest BCUT2D eigenvalue weighted by molar-refractivity contribution is 0.137. The number of nitrogens with zero attached hydrogens (tertiary/aromatic N) is 5. The fraction of sp³-hybridized carbons (Fsp3) is 0.438. The molecule has 1 unspecified atom stereocenters. The molecule has 1 atom stereocenters. The first-order valence-electron chi connectivity index (χ1n) is 7.77. The Morgan fingerprint density at radius 3 is 3.05 bits per heavy atom. The molecule has 1 fully saturated rings. The first-order chi connectivity index (χ1) is 10.7. The van der Waals surface area contributed by atoms with Crippen LogP contribution in [0.3, 0.4) is 0 Å². The van der Waals surface area contributed by atoms with E-state index in [0.717, 1.165) is 24.0 Å². The molecule has 0 bridgehead atoms. The van der Waals surface area contributed by atoms with Crippen LogP contribution in [0.2, 0.25) is 0 Å². The highest BCUT2D eigenvalue weighted by atomic mass is 16.2. The highest BCUT2D eigenvalue weighted by Gasteiger charge is 2.18. The number of benzene rings is 1. The quantitative estimate of drug-likeness (QED) is 0.723. The number of hydrogen-bond donors (Lipinski definition) is 0. The maximum Gasteiger partial charge on any atom is 0.352 e. The van der Waals surface area contributed by atoms with Crippen LogP contribution in [0.5, 0.6) is 0 Å². The Kier molecular flexibility index (Phi) is 3.18. The minimum Gasteiger partial charge on any atom is -0.284 e. The predicted octanol–water partition coefficient (Wildman–Crippen LogP) is 1.73. The van der Waals surface area contributed by atoms with E-state index in [-0.39, 0.29) is 5.69 Å². The molecule has 1 aliphatic heterocycles. The van der Waals surface area contributed by atoms with Gasteiger partial charge in [0.15, 0.2) is 5.65 Å². The number of rotatable bonds is 2. The number of likely N-dealkylation sites (tertiary alicyclic amines) is 1. The predicted molar refractivity (Wildman–Crippen MR) is 84.7 cm³/mol. The summed E-state index contributed by atoms with van der Waals surface area (Å²) >= 11 is 0. The fourth-order valence-electron chi connectivity index (χ4n) is 3.30. The van der Waals surface area contributed by atoms with E-state index in [1.807, 2.05) is 24.3 Å². The van der Waals surface area contributed by atoms with E-state index >= 15 is 0 Å². The molecule has 1 saturated heterocycles. The second-order valence-corrected chi connectivity index (χ2v) is 6.20. The summed E-state index contributed by atoms with van der Waals surface area (Å²) in [5.41, 5.74) is 1.42. The SMILES string of the molecule is CC1CCCN(Cn2nc3c4ccccc4ncn3c2=O)C1. The van der Waals surface area contributed by atoms with E-state index < -0.39 is 0 Å². The van der Waals surface area contributed by atoms with E-state index in [0.29, 0.717) is 18.2 Å². The first-order valence-corrected chi connectivity index (χ1v) is 7.77. The van der Waals surface area contributed by atoms with Crippen LogP contribution in [0, 0.1) is 5.92 Å². The lowest BCUT2D eigenvalue weighted by atomic mass is 10.0. The van der Waals surface area contributed by atoms with Gasteiger partial charge >= 0.3 is 5.69 Å². The molecule has 0 amide bonds. The van der Waals surface area contributed by atoms with Crippen LogP contribution in [-0.2, 0) is 6.67 Å². The molecule has 0 aliphatic carbocycles. The molecule has 0 N–H and O–H groups in total. The van der Waals surface area contributed by atoms with Crippen molar-refractivity contribution >= 4 is 16.6 Å². The normalized spacial score (nSPS) is 20.0. The Bertz CT molecular complexity index is 881. The third-order valence-corrected chi connectivity index (χ3v) is 4.40. The summed E-state index contributed by atoms with van der Waals surface area (Å²) in [6, 6.07) is 7.78. The summed E-state index contributed by atoms with van der Waals surface area (Å²) in [5, 5.41) is 5.46. The Morgan fingerprint density at radius 2 is 2.18 bits per heavy atom. The van der Waals surface area contributed by atoms with Gasteiger partial charge in [0, 0.05) is 11.9 Å². The molecule has 4 rings (SSSR count). The van der Waals surface area contributed by atoms with E-state index in [1.165, 1.54) is 17.2 Å². The first kappa shape index (κ1) is 13.5. The summed E-state index contributed by atoms with van der Waals surface area (Å²) < 4.78 is 3.09. The number of hydrogen-bond acceptors (Lipinski definition) is 4. The van der Waals surface area contributed by atoms with E-state index in [1.54, 1.807) is 11.0 Å². The third kappa shape index (κ3) is 2.20. The fourth-order valence-corrected chi connectivity index (χ4v) is 3.30. The highest BCUT2D eigenvalue weighted by molar-refractivity contribution is 5.90. The monoisotopic (exact) mass is 297 g/mol. The van der Waals surface area contributed by atoms with Crippen molar-refractivity contribution in [3.8, 4) is 0 Å². The average molecular weight is 297 g/mol. The van der Waals surface area contributed by atoms with Crippen molar-refractivity contribution in [3.63, 3.8) is 0 Å². The topological polar surface area (TPSA) is 55.4 Å². The van der Waals surface area contributed by atoms with Crippen molar-refractivity contribution in [3.05, 3.63) is 41.1 Å². The molecule has 1 aromatic carbocycles. The summed E-state index contributed by atoms with van der Waals surface area (Å²) in [7, 11) is 0.